The summed E-state index contributed by atoms with van der Waals surface area (Å²) in [5.74, 6) is 1.54. The van der Waals surface area contributed by atoms with Crippen LogP contribution < -0.4 is 9.64 Å². The number of likely N-dealkylation sites (tertiary alicyclic amines) is 2. The summed E-state index contributed by atoms with van der Waals surface area (Å²) in [4.78, 5) is 43.2. The molecule has 1 aromatic heterocycles. The van der Waals surface area contributed by atoms with Crippen LogP contribution in [0.1, 0.15) is 70.2 Å². The Balaban J connectivity index is 0.880. The molecule has 5 aliphatic heterocycles. The molecular weight excluding hydrogens is 668 g/mol. The molecule has 5 aliphatic rings. The smallest absolute Gasteiger partial charge is 0.258 e. The number of halogens is 1. The zero-order valence-corrected chi connectivity index (χ0v) is 31.4. The Morgan fingerprint density at radius 2 is 1.78 bits per heavy atom. The maximum Gasteiger partial charge on any atom is 0.258 e. The van der Waals surface area contributed by atoms with Gasteiger partial charge in [-0.1, -0.05) is 6.58 Å². The molecule has 51 heavy (non-hydrogen) atoms. The minimum atomic E-state index is -0.482. The largest absolute Gasteiger partial charge is 0.451 e. The van der Waals surface area contributed by atoms with Crippen molar-refractivity contribution < 1.29 is 18.7 Å². The molecule has 2 aromatic rings. The Hall–Kier alpha value is -3.26. The van der Waals surface area contributed by atoms with Gasteiger partial charge in [-0.05, 0) is 103 Å². The number of amides is 2. The number of hydrogen-bond acceptors (Lipinski definition) is 10. The lowest BCUT2D eigenvalue weighted by atomic mass is 9.72. The highest BCUT2D eigenvalue weighted by Gasteiger charge is 2.47. The van der Waals surface area contributed by atoms with Gasteiger partial charge in [0, 0.05) is 87.5 Å². The molecule has 5 saturated heterocycles. The maximum absolute atomic E-state index is 14.4. The second-order valence-corrected chi connectivity index (χ2v) is 17.0. The van der Waals surface area contributed by atoms with Crippen molar-refractivity contribution in [1.29, 1.82) is 0 Å². The standard InChI is InChI=1S/C38H53FN8O3S/c1-6-35(48)45-21-31-18-30(45)22-46(31)51-44-13-9-28(10-14-44)20-42-15-11-38(12-16-42)23-43(24-38)36-34(19-40-25-41-36)50-33-8-7-29(39)17-32(33)37(49)47(26(2)3)27(4)5/h6-8,17,19,25-28,30-31H,1,9-16,18,20-24H2,2-5H3/t30-,31-/m0/s1. The first-order valence-electron chi connectivity index (χ1n) is 18.7. The van der Waals surface area contributed by atoms with Crippen molar-refractivity contribution >= 4 is 29.8 Å². The lowest BCUT2D eigenvalue weighted by molar-refractivity contribution is -0.127. The van der Waals surface area contributed by atoms with Gasteiger partial charge in [0.2, 0.25) is 5.91 Å². The fraction of sp³-hybridized carbons (Fsp3) is 0.632. The molecule has 0 aliphatic carbocycles. The van der Waals surface area contributed by atoms with Crippen LogP contribution in [0.2, 0.25) is 0 Å². The normalized spacial score (nSPS) is 24.1. The van der Waals surface area contributed by atoms with E-state index in [0.717, 1.165) is 64.7 Å². The quantitative estimate of drug-likeness (QED) is 0.225. The Morgan fingerprint density at radius 3 is 2.43 bits per heavy atom. The van der Waals surface area contributed by atoms with Crippen LogP contribution in [0, 0.1) is 17.2 Å². The third-order valence-corrected chi connectivity index (χ3v) is 12.9. The van der Waals surface area contributed by atoms with Gasteiger partial charge < -0.3 is 24.3 Å². The lowest BCUT2D eigenvalue weighted by Crippen LogP contribution is -2.61. The van der Waals surface area contributed by atoms with E-state index in [1.54, 1.807) is 11.1 Å². The van der Waals surface area contributed by atoms with Crippen molar-refractivity contribution in [2.45, 2.75) is 84.0 Å². The highest BCUT2D eigenvalue weighted by atomic mass is 32.2. The van der Waals surface area contributed by atoms with Crippen molar-refractivity contribution in [3.05, 3.63) is 54.8 Å². The number of anilines is 1. The van der Waals surface area contributed by atoms with Crippen LogP contribution in [-0.2, 0) is 4.79 Å². The third-order valence-electron chi connectivity index (χ3n) is 11.6. The number of rotatable bonds is 11. The van der Waals surface area contributed by atoms with Crippen LogP contribution in [0.3, 0.4) is 0 Å². The summed E-state index contributed by atoms with van der Waals surface area (Å²) in [5.41, 5.74) is 0.461. The summed E-state index contributed by atoms with van der Waals surface area (Å²) in [5, 5.41) is 0. The number of piperidine rings is 2. The van der Waals surface area contributed by atoms with Gasteiger partial charge in [0.1, 0.15) is 17.9 Å². The van der Waals surface area contributed by atoms with Crippen LogP contribution in [0.4, 0.5) is 10.2 Å². The predicted octanol–water partition coefficient (Wildman–Crippen LogP) is 5.32. The zero-order valence-electron chi connectivity index (χ0n) is 30.5. The second kappa shape index (κ2) is 15.0. The fourth-order valence-electron chi connectivity index (χ4n) is 8.95. The molecule has 0 saturated carbocycles. The van der Waals surface area contributed by atoms with Gasteiger partial charge in [0.15, 0.2) is 11.6 Å². The number of carbonyl (C=O) groups is 2. The first-order chi connectivity index (χ1) is 24.5. The van der Waals surface area contributed by atoms with Crippen molar-refractivity contribution in [2.24, 2.45) is 11.3 Å². The van der Waals surface area contributed by atoms with Gasteiger partial charge >= 0.3 is 0 Å². The first kappa shape index (κ1) is 36.1. The number of hydrogen-bond donors (Lipinski definition) is 0. The SMILES string of the molecule is C=CC(=O)N1C[C@@H]2C[C@H]1CN2SN1CCC(CN2CCC3(CC2)CN(c2ncncc2Oc2ccc(F)cc2C(=O)N(C(C)C)C(C)C)C3)CC1. The molecule has 7 rings (SSSR count). The molecule has 0 unspecified atom stereocenters. The maximum atomic E-state index is 14.4. The summed E-state index contributed by atoms with van der Waals surface area (Å²) in [6.45, 7) is 20.8. The molecule has 13 heteroatoms. The van der Waals surface area contributed by atoms with E-state index in [9.17, 15) is 14.0 Å². The summed E-state index contributed by atoms with van der Waals surface area (Å²) >= 11 is 1.91. The lowest BCUT2D eigenvalue weighted by Gasteiger charge is -2.54. The minimum absolute atomic E-state index is 0.0503. The molecule has 1 spiro atoms. The predicted molar refractivity (Wildman–Crippen MR) is 198 cm³/mol. The highest BCUT2D eigenvalue weighted by Crippen LogP contribution is 2.45. The Morgan fingerprint density at radius 1 is 1.06 bits per heavy atom. The van der Waals surface area contributed by atoms with Crippen LogP contribution in [0.25, 0.3) is 0 Å². The van der Waals surface area contributed by atoms with Crippen molar-refractivity contribution in [3.8, 4) is 11.5 Å². The number of nitrogens with zero attached hydrogens (tertiary/aromatic N) is 8. The molecule has 276 valence electrons. The molecule has 2 atom stereocenters. The number of aromatic nitrogens is 2. The molecule has 2 amide bonds. The van der Waals surface area contributed by atoms with Gasteiger partial charge in [-0.25, -0.2) is 23.0 Å². The van der Waals surface area contributed by atoms with Crippen LogP contribution >= 0.6 is 12.1 Å². The number of carbonyl (C=O) groups excluding carboxylic acids is 2. The summed E-state index contributed by atoms with van der Waals surface area (Å²) in [6.07, 6.45) is 10.5. The average Bonchev–Trinajstić information content (AvgIpc) is 3.70. The molecule has 0 N–H and O–H groups in total. The van der Waals surface area contributed by atoms with E-state index in [1.165, 1.54) is 62.8 Å². The molecule has 1 aromatic carbocycles. The van der Waals surface area contributed by atoms with Crippen molar-refractivity contribution in [1.82, 2.24) is 33.3 Å². The van der Waals surface area contributed by atoms with Crippen LogP contribution in [0.5, 0.6) is 11.5 Å². The zero-order chi connectivity index (χ0) is 35.9. The summed E-state index contributed by atoms with van der Waals surface area (Å²) in [7, 11) is 0. The Bertz CT molecular complexity index is 1580. The molecule has 2 bridgehead atoms. The van der Waals surface area contributed by atoms with E-state index in [-0.39, 0.29) is 34.9 Å². The average molecular weight is 721 g/mol. The van der Waals surface area contributed by atoms with Crippen LogP contribution in [0.15, 0.2) is 43.4 Å². The van der Waals surface area contributed by atoms with Crippen molar-refractivity contribution in [3.63, 3.8) is 0 Å². The Kier molecular flexibility index (Phi) is 10.6. The van der Waals surface area contributed by atoms with Crippen molar-refractivity contribution in [2.75, 3.05) is 63.8 Å². The third kappa shape index (κ3) is 7.63. The van der Waals surface area contributed by atoms with Gasteiger partial charge in [-0.2, -0.15) is 0 Å². The molecule has 0 radical (unpaired) electrons. The molecular formula is C38H53FN8O3S. The van der Waals surface area contributed by atoms with Gasteiger partial charge in [0.25, 0.3) is 5.91 Å². The number of ether oxygens (including phenoxy) is 1. The summed E-state index contributed by atoms with van der Waals surface area (Å²) in [6, 6.07) is 4.80. The monoisotopic (exact) mass is 720 g/mol. The van der Waals surface area contributed by atoms with E-state index in [0.29, 0.717) is 29.4 Å². The highest BCUT2D eigenvalue weighted by molar-refractivity contribution is 7.94. The van der Waals surface area contributed by atoms with E-state index >= 15 is 0 Å². The molecule has 6 heterocycles. The number of piperazine rings is 1. The fourth-order valence-corrected chi connectivity index (χ4v) is 10.1. The second-order valence-electron chi connectivity index (χ2n) is 15.8. The minimum Gasteiger partial charge on any atom is -0.451 e. The van der Waals surface area contributed by atoms with E-state index in [4.69, 9.17) is 4.74 Å². The van der Waals surface area contributed by atoms with Gasteiger partial charge in [0.05, 0.1) is 11.8 Å². The van der Waals surface area contributed by atoms with Crippen LogP contribution in [-0.4, -0.2) is 128 Å². The first-order valence-corrected chi connectivity index (χ1v) is 19.5. The van der Waals surface area contributed by atoms with E-state index in [1.807, 2.05) is 44.7 Å². The number of fused-ring (bicyclic) bond motifs is 2. The van der Waals surface area contributed by atoms with E-state index in [2.05, 4.69) is 35.0 Å². The topological polar surface area (TPSA) is 88.6 Å². The number of benzene rings is 1. The van der Waals surface area contributed by atoms with Gasteiger partial charge in [-0.15, -0.1) is 0 Å². The molecule has 5 fully saturated rings. The molecule has 11 nitrogen and oxygen atoms in total. The van der Waals surface area contributed by atoms with E-state index < -0.39 is 5.82 Å². The van der Waals surface area contributed by atoms with Gasteiger partial charge in [-0.3, -0.25) is 9.59 Å². The summed E-state index contributed by atoms with van der Waals surface area (Å²) < 4.78 is 25.8. The Labute approximate surface area is 306 Å².